The van der Waals surface area contributed by atoms with Crippen LogP contribution in [0.2, 0.25) is 0 Å². The molecule has 0 fully saturated rings. The molecule has 0 radical (unpaired) electrons. The molecule has 0 amide bonds. The average Bonchev–Trinajstić information content (AvgIpc) is 2.64. The predicted molar refractivity (Wildman–Crippen MR) is 47.3 cm³/mol. The largest absolute Gasteiger partial charge is 0.255 e. The molecule has 0 spiro atoms. The Morgan fingerprint density at radius 2 is 2.15 bits per heavy atom. The van der Waals surface area contributed by atoms with Crippen molar-refractivity contribution in [3.8, 4) is 0 Å². The summed E-state index contributed by atoms with van der Waals surface area (Å²) in [5, 5.41) is 11.5. The van der Waals surface area contributed by atoms with Crippen LogP contribution in [-0.4, -0.2) is 25.0 Å². The quantitative estimate of drug-likeness (QED) is 0.675. The molecule has 5 heteroatoms. The van der Waals surface area contributed by atoms with E-state index in [2.05, 4.69) is 27.4 Å². The Hall–Kier alpha value is -1.52. The molecule has 0 aliphatic rings. The molecule has 0 unspecified atom stereocenters. The normalized spacial score (nSPS) is 10.9. The first kappa shape index (κ1) is 8.10. The highest BCUT2D eigenvalue weighted by molar-refractivity contribution is 5.41. The molecule has 0 aliphatic heterocycles. The SMILES string of the molecule is CCc1ncc(CC)n2nnnc12. The van der Waals surface area contributed by atoms with Crippen LogP contribution in [0.1, 0.15) is 25.2 Å². The van der Waals surface area contributed by atoms with E-state index in [1.165, 1.54) is 0 Å². The molecule has 13 heavy (non-hydrogen) atoms. The van der Waals surface area contributed by atoms with Crippen molar-refractivity contribution in [3.05, 3.63) is 17.6 Å². The number of nitrogens with zero attached hydrogens (tertiary/aromatic N) is 5. The van der Waals surface area contributed by atoms with Crippen LogP contribution in [-0.2, 0) is 12.8 Å². The number of hydrogen-bond acceptors (Lipinski definition) is 4. The van der Waals surface area contributed by atoms with Gasteiger partial charge in [-0.15, -0.1) is 5.10 Å². The minimum absolute atomic E-state index is 0.779. The molecule has 0 saturated heterocycles. The molecule has 0 bridgehead atoms. The van der Waals surface area contributed by atoms with Crippen molar-refractivity contribution in [1.29, 1.82) is 0 Å². The van der Waals surface area contributed by atoms with Crippen molar-refractivity contribution in [2.75, 3.05) is 0 Å². The van der Waals surface area contributed by atoms with E-state index < -0.39 is 0 Å². The van der Waals surface area contributed by atoms with E-state index in [0.29, 0.717) is 0 Å². The first-order valence-corrected chi connectivity index (χ1v) is 4.41. The molecule has 0 N–H and O–H groups in total. The van der Waals surface area contributed by atoms with Gasteiger partial charge in [0.25, 0.3) is 0 Å². The van der Waals surface area contributed by atoms with Crippen LogP contribution < -0.4 is 0 Å². The van der Waals surface area contributed by atoms with Gasteiger partial charge in [-0.1, -0.05) is 13.8 Å². The van der Waals surface area contributed by atoms with E-state index in [9.17, 15) is 0 Å². The van der Waals surface area contributed by atoms with Gasteiger partial charge in [0.2, 0.25) is 5.65 Å². The van der Waals surface area contributed by atoms with Crippen molar-refractivity contribution in [3.63, 3.8) is 0 Å². The molecule has 2 aromatic rings. The van der Waals surface area contributed by atoms with Gasteiger partial charge < -0.3 is 0 Å². The second-order valence-corrected chi connectivity index (χ2v) is 2.82. The topological polar surface area (TPSA) is 56.0 Å². The van der Waals surface area contributed by atoms with Crippen LogP contribution in [0.4, 0.5) is 0 Å². The van der Waals surface area contributed by atoms with Gasteiger partial charge >= 0.3 is 0 Å². The van der Waals surface area contributed by atoms with E-state index in [1.54, 1.807) is 4.52 Å². The summed E-state index contributed by atoms with van der Waals surface area (Å²) < 4.78 is 1.76. The van der Waals surface area contributed by atoms with E-state index in [1.807, 2.05) is 13.1 Å². The average molecular weight is 177 g/mol. The zero-order valence-electron chi connectivity index (χ0n) is 7.73. The number of hydrogen-bond donors (Lipinski definition) is 0. The fourth-order valence-corrected chi connectivity index (χ4v) is 1.32. The Kier molecular flexibility index (Phi) is 1.92. The van der Waals surface area contributed by atoms with Crippen LogP contribution in [0, 0.1) is 0 Å². The van der Waals surface area contributed by atoms with E-state index in [-0.39, 0.29) is 0 Å². The molecule has 2 rings (SSSR count). The van der Waals surface area contributed by atoms with E-state index >= 15 is 0 Å². The third kappa shape index (κ3) is 1.16. The van der Waals surface area contributed by atoms with Gasteiger partial charge in [-0.05, 0) is 23.3 Å². The molecule has 0 aromatic carbocycles. The van der Waals surface area contributed by atoms with Crippen molar-refractivity contribution in [1.82, 2.24) is 25.0 Å². The summed E-state index contributed by atoms with van der Waals surface area (Å²) in [6.07, 6.45) is 3.58. The predicted octanol–water partition coefficient (Wildman–Crippen LogP) is 0.644. The lowest BCUT2D eigenvalue weighted by Gasteiger charge is -2.01. The van der Waals surface area contributed by atoms with Gasteiger partial charge in [-0.25, -0.2) is 0 Å². The Morgan fingerprint density at radius 3 is 2.85 bits per heavy atom. The number of aryl methyl sites for hydroxylation is 2. The first-order valence-electron chi connectivity index (χ1n) is 4.41. The summed E-state index contributed by atoms with van der Waals surface area (Å²) in [7, 11) is 0. The highest BCUT2D eigenvalue weighted by Crippen LogP contribution is 2.07. The molecule has 5 nitrogen and oxygen atoms in total. The molecule has 0 saturated carbocycles. The van der Waals surface area contributed by atoms with Gasteiger partial charge in [-0.2, -0.15) is 4.52 Å². The lowest BCUT2D eigenvalue weighted by atomic mass is 10.3. The van der Waals surface area contributed by atoms with Crippen LogP contribution in [0.3, 0.4) is 0 Å². The minimum atomic E-state index is 0.779. The van der Waals surface area contributed by atoms with Crippen molar-refractivity contribution in [2.45, 2.75) is 26.7 Å². The summed E-state index contributed by atoms with van der Waals surface area (Å²) in [5.41, 5.74) is 2.77. The molecule has 2 aromatic heterocycles. The fraction of sp³-hybridized carbons (Fsp3) is 0.500. The Morgan fingerprint density at radius 1 is 1.31 bits per heavy atom. The van der Waals surface area contributed by atoms with Gasteiger partial charge in [0.1, 0.15) is 0 Å². The smallest absolute Gasteiger partial charge is 0.200 e. The maximum Gasteiger partial charge on any atom is 0.200 e. The molecule has 68 valence electrons. The van der Waals surface area contributed by atoms with Crippen LogP contribution >= 0.6 is 0 Å². The third-order valence-electron chi connectivity index (χ3n) is 2.07. The number of rotatable bonds is 2. The van der Waals surface area contributed by atoms with Gasteiger partial charge in [-0.3, -0.25) is 4.98 Å². The Bertz CT molecular complexity index is 381. The maximum absolute atomic E-state index is 4.31. The van der Waals surface area contributed by atoms with E-state index in [4.69, 9.17) is 0 Å². The summed E-state index contributed by atoms with van der Waals surface area (Å²) >= 11 is 0. The molecule has 0 atom stereocenters. The second kappa shape index (κ2) is 3.08. The zero-order valence-corrected chi connectivity index (χ0v) is 7.73. The molecular weight excluding hydrogens is 166 g/mol. The lowest BCUT2D eigenvalue weighted by Crippen LogP contribution is -2.02. The Labute approximate surface area is 75.8 Å². The molecular formula is C8H11N5. The highest BCUT2D eigenvalue weighted by Gasteiger charge is 2.07. The van der Waals surface area contributed by atoms with Crippen LogP contribution in [0.25, 0.3) is 5.65 Å². The van der Waals surface area contributed by atoms with Gasteiger partial charge in [0.05, 0.1) is 11.4 Å². The molecule has 0 aliphatic carbocycles. The second-order valence-electron chi connectivity index (χ2n) is 2.82. The monoisotopic (exact) mass is 177 g/mol. The zero-order chi connectivity index (χ0) is 9.26. The van der Waals surface area contributed by atoms with Crippen molar-refractivity contribution >= 4 is 5.65 Å². The standard InChI is InChI=1S/C8H11N5/c1-3-6-5-9-7(4-2)8-10-11-12-13(6)8/h5H,3-4H2,1-2H3. The summed E-state index contributed by atoms with van der Waals surface area (Å²) in [6, 6.07) is 0. The Balaban J connectivity index is 2.74. The number of aromatic nitrogens is 5. The lowest BCUT2D eigenvalue weighted by molar-refractivity contribution is 0.772. The van der Waals surface area contributed by atoms with Gasteiger partial charge in [0, 0.05) is 6.20 Å². The van der Waals surface area contributed by atoms with Gasteiger partial charge in [0.15, 0.2) is 0 Å². The van der Waals surface area contributed by atoms with Crippen molar-refractivity contribution < 1.29 is 0 Å². The number of fused-ring (bicyclic) bond motifs is 1. The fourth-order valence-electron chi connectivity index (χ4n) is 1.32. The summed E-state index contributed by atoms with van der Waals surface area (Å²) in [5.74, 6) is 0. The van der Waals surface area contributed by atoms with E-state index in [0.717, 1.165) is 29.9 Å². The first-order chi connectivity index (χ1) is 6.36. The third-order valence-corrected chi connectivity index (χ3v) is 2.07. The maximum atomic E-state index is 4.31. The highest BCUT2D eigenvalue weighted by atomic mass is 15.5. The summed E-state index contributed by atoms with van der Waals surface area (Å²) in [4.78, 5) is 4.31. The number of tetrazole rings is 1. The van der Waals surface area contributed by atoms with Crippen LogP contribution in [0.15, 0.2) is 6.20 Å². The summed E-state index contributed by atoms with van der Waals surface area (Å²) in [6.45, 7) is 4.10. The van der Waals surface area contributed by atoms with Crippen molar-refractivity contribution in [2.24, 2.45) is 0 Å². The minimum Gasteiger partial charge on any atom is -0.255 e. The van der Waals surface area contributed by atoms with Crippen LogP contribution in [0.5, 0.6) is 0 Å². The molecule has 2 heterocycles.